The molecule has 0 radical (unpaired) electrons. The Labute approximate surface area is 110 Å². The second-order valence-corrected chi connectivity index (χ2v) is 5.38. The van der Waals surface area contributed by atoms with Crippen molar-refractivity contribution in [3.8, 4) is 0 Å². The molecule has 0 fully saturated rings. The van der Waals surface area contributed by atoms with E-state index in [-0.39, 0.29) is 11.7 Å². The van der Waals surface area contributed by atoms with Gasteiger partial charge >= 0.3 is 5.97 Å². The molecule has 0 saturated carbocycles. The van der Waals surface area contributed by atoms with Crippen molar-refractivity contribution in [1.82, 2.24) is 5.32 Å². The zero-order chi connectivity index (χ0) is 13.1. The van der Waals surface area contributed by atoms with Gasteiger partial charge in [-0.2, -0.15) is 11.8 Å². The molecule has 7 heteroatoms. The summed E-state index contributed by atoms with van der Waals surface area (Å²) in [6.45, 7) is 0.590. The van der Waals surface area contributed by atoms with Gasteiger partial charge in [-0.3, -0.25) is 4.79 Å². The zero-order valence-electron chi connectivity index (χ0n) is 10.1. The number of aliphatic carboxylic acids is 1. The number of hydrogen-bond acceptors (Lipinski definition) is 5. The van der Waals surface area contributed by atoms with Crippen LogP contribution in [0.4, 0.5) is 0 Å². The highest BCUT2D eigenvalue weighted by molar-refractivity contribution is 8.00. The highest BCUT2D eigenvalue weighted by atomic mass is 32.2. The van der Waals surface area contributed by atoms with Crippen molar-refractivity contribution in [2.45, 2.75) is 12.5 Å². The monoisotopic (exact) mass is 281 g/mol. The van der Waals surface area contributed by atoms with Gasteiger partial charge in [-0.25, -0.2) is 4.79 Å². The van der Waals surface area contributed by atoms with Gasteiger partial charge in [-0.1, -0.05) is 0 Å². The van der Waals surface area contributed by atoms with E-state index in [2.05, 4.69) is 5.32 Å². The molecule has 0 aromatic carbocycles. The highest BCUT2D eigenvalue weighted by Crippen LogP contribution is 2.03. The molecule has 0 aromatic rings. The molecule has 0 aliphatic heterocycles. The molecule has 0 aromatic heterocycles. The van der Waals surface area contributed by atoms with Crippen LogP contribution in [0.15, 0.2) is 0 Å². The van der Waals surface area contributed by atoms with Crippen LogP contribution in [-0.4, -0.2) is 60.3 Å². The zero-order valence-corrected chi connectivity index (χ0v) is 11.7. The molecule has 0 unspecified atom stereocenters. The van der Waals surface area contributed by atoms with E-state index in [0.717, 1.165) is 5.75 Å². The molecule has 0 aliphatic carbocycles. The van der Waals surface area contributed by atoms with Crippen LogP contribution in [0.25, 0.3) is 0 Å². The van der Waals surface area contributed by atoms with E-state index in [1.54, 1.807) is 18.9 Å². The van der Waals surface area contributed by atoms with Crippen molar-refractivity contribution in [3.63, 3.8) is 0 Å². The minimum absolute atomic E-state index is 0.236. The normalized spacial score (nSPS) is 12.1. The van der Waals surface area contributed by atoms with Gasteiger partial charge in [0.15, 0.2) is 0 Å². The first-order valence-electron chi connectivity index (χ1n) is 5.19. The number of methoxy groups -OCH3 is 1. The van der Waals surface area contributed by atoms with E-state index >= 15 is 0 Å². The lowest BCUT2D eigenvalue weighted by molar-refractivity contribution is -0.141. The van der Waals surface area contributed by atoms with Crippen LogP contribution in [0.3, 0.4) is 0 Å². The third-order valence-corrected chi connectivity index (χ3v) is 3.47. The molecule has 0 rings (SSSR count). The van der Waals surface area contributed by atoms with Gasteiger partial charge in [0.2, 0.25) is 5.91 Å². The smallest absolute Gasteiger partial charge is 0.326 e. The molecular formula is C10H19NO4S2. The van der Waals surface area contributed by atoms with E-state index in [4.69, 9.17) is 9.84 Å². The molecule has 0 aliphatic rings. The van der Waals surface area contributed by atoms with Gasteiger partial charge in [0.25, 0.3) is 0 Å². The Kier molecular flexibility index (Phi) is 10.5. The Balaban J connectivity index is 3.83. The predicted octanol–water partition coefficient (Wildman–Crippen LogP) is 0.688. The first-order valence-corrected chi connectivity index (χ1v) is 7.74. The van der Waals surface area contributed by atoms with Crippen LogP contribution < -0.4 is 5.32 Å². The van der Waals surface area contributed by atoms with Crippen molar-refractivity contribution in [3.05, 3.63) is 0 Å². The number of carboxylic acid groups (broad SMARTS) is 1. The lowest BCUT2D eigenvalue weighted by atomic mass is 10.2. The number of nitrogens with one attached hydrogen (secondary N) is 1. The standard InChI is InChI=1S/C10H19NO4S2/c1-15-4-6-17-7-9(12)11-8(10(13)14)3-5-16-2/h8H,3-7H2,1-2H3,(H,11,12)(H,13,14)/t8-/m0/s1. The maximum atomic E-state index is 11.4. The Hall–Kier alpha value is -0.400. The fourth-order valence-electron chi connectivity index (χ4n) is 1.04. The van der Waals surface area contributed by atoms with Crippen LogP contribution in [0, 0.1) is 0 Å². The first kappa shape index (κ1) is 16.6. The Morgan fingerprint density at radius 3 is 2.65 bits per heavy atom. The first-order chi connectivity index (χ1) is 8.11. The average Bonchev–Trinajstić information content (AvgIpc) is 2.29. The van der Waals surface area contributed by atoms with Crippen LogP contribution in [-0.2, 0) is 14.3 Å². The third kappa shape index (κ3) is 9.31. The molecule has 1 atom stereocenters. The quantitative estimate of drug-likeness (QED) is 0.574. The summed E-state index contributed by atoms with van der Waals surface area (Å²) in [6, 6.07) is -0.780. The second-order valence-electron chi connectivity index (χ2n) is 3.29. The fraction of sp³-hybridized carbons (Fsp3) is 0.800. The summed E-state index contributed by atoms with van der Waals surface area (Å²) in [5.74, 6) is 0.501. The molecule has 100 valence electrons. The molecule has 0 bridgehead atoms. The number of hydrogen-bond donors (Lipinski definition) is 2. The van der Waals surface area contributed by atoms with E-state index < -0.39 is 12.0 Å². The Morgan fingerprint density at radius 2 is 2.12 bits per heavy atom. The van der Waals surface area contributed by atoms with Crippen molar-refractivity contribution in [2.75, 3.05) is 37.2 Å². The summed E-state index contributed by atoms with van der Waals surface area (Å²) in [5.41, 5.74) is 0. The maximum Gasteiger partial charge on any atom is 0.326 e. The molecule has 1 amide bonds. The molecular weight excluding hydrogens is 262 g/mol. The molecule has 2 N–H and O–H groups in total. The van der Waals surface area contributed by atoms with Gasteiger partial charge in [0, 0.05) is 12.9 Å². The van der Waals surface area contributed by atoms with Gasteiger partial charge in [0.05, 0.1) is 12.4 Å². The predicted molar refractivity (Wildman–Crippen MR) is 71.8 cm³/mol. The average molecular weight is 281 g/mol. The van der Waals surface area contributed by atoms with E-state index in [1.165, 1.54) is 11.8 Å². The minimum Gasteiger partial charge on any atom is -0.480 e. The van der Waals surface area contributed by atoms with Crippen LogP contribution in [0.2, 0.25) is 0 Å². The number of carbonyl (C=O) groups excluding carboxylic acids is 1. The Bertz CT molecular complexity index is 238. The third-order valence-electron chi connectivity index (χ3n) is 1.91. The minimum atomic E-state index is -0.978. The largest absolute Gasteiger partial charge is 0.480 e. The number of amides is 1. The van der Waals surface area contributed by atoms with Crippen LogP contribution in [0.1, 0.15) is 6.42 Å². The summed E-state index contributed by atoms with van der Waals surface area (Å²) >= 11 is 2.99. The summed E-state index contributed by atoms with van der Waals surface area (Å²) < 4.78 is 4.85. The Morgan fingerprint density at radius 1 is 1.41 bits per heavy atom. The van der Waals surface area contributed by atoms with Gasteiger partial charge in [0.1, 0.15) is 6.04 Å². The second kappa shape index (κ2) is 10.7. The lowest BCUT2D eigenvalue weighted by Gasteiger charge is -2.13. The van der Waals surface area contributed by atoms with Crippen LogP contribution >= 0.6 is 23.5 Å². The highest BCUT2D eigenvalue weighted by Gasteiger charge is 2.18. The van der Waals surface area contributed by atoms with Crippen molar-refractivity contribution < 1.29 is 19.4 Å². The number of ether oxygens (including phenoxy) is 1. The molecule has 17 heavy (non-hydrogen) atoms. The van der Waals surface area contributed by atoms with Gasteiger partial charge in [-0.05, 0) is 18.4 Å². The number of rotatable bonds is 10. The molecule has 0 heterocycles. The summed E-state index contributed by atoms with van der Waals surface area (Å²) in [6.07, 6.45) is 2.35. The van der Waals surface area contributed by atoms with Crippen molar-refractivity contribution in [2.24, 2.45) is 0 Å². The topological polar surface area (TPSA) is 75.6 Å². The molecule has 0 spiro atoms. The summed E-state index contributed by atoms with van der Waals surface area (Å²) in [5, 5.41) is 11.4. The van der Waals surface area contributed by atoms with E-state index in [1.807, 2.05) is 6.26 Å². The summed E-state index contributed by atoms with van der Waals surface area (Å²) in [4.78, 5) is 22.3. The van der Waals surface area contributed by atoms with Gasteiger partial charge in [-0.15, -0.1) is 11.8 Å². The van der Waals surface area contributed by atoms with Crippen LogP contribution in [0.5, 0.6) is 0 Å². The number of carbonyl (C=O) groups is 2. The SMILES string of the molecule is COCCSCC(=O)N[C@@H](CCSC)C(=O)O. The summed E-state index contributed by atoms with van der Waals surface area (Å²) in [7, 11) is 1.60. The van der Waals surface area contributed by atoms with Crippen molar-refractivity contribution in [1.29, 1.82) is 0 Å². The fourth-order valence-corrected chi connectivity index (χ4v) is 2.21. The lowest BCUT2D eigenvalue weighted by Crippen LogP contribution is -2.42. The molecule has 5 nitrogen and oxygen atoms in total. The van der Waals surface area contributed by atoms with E-state index in [0.29, 0.717) is 18.8 Å². The van der Waals surface area contributed by atoms with E-state index in [9.17, 15) is 9.59 Å². The van der Waals surface area contributed by atoms with Crippen molar-refractivity contribution >= 4 is 35.4 Å². The maximum absolute atomic E-state index is 11.4. The number of carboxylic acids is 1. The van der Waals surface area contributed by atoms with Gasteiger partial charge < -0.3 is 15.2 Å². The molecule has 0 saturated heterocycles. The number of thioether (sulfide) groups is 2.